The molecule has 2 unspecified atom stereocenters. The van der Waals surface area contributed by atoms with E-state index in [0.717, 1.165) is 49.7 Å². The Morgan fingerprint density at radius 1 is 1.07 bits per heavy atom. The third-order valence-corrected chi connectivity index (χ3v) is 8.80. The van der Waals surface area contributed by atoms with E-state index < -0.39 is 17.8 Å². The number of carbonyl (C=O) groups is 2. The fourth-order valence-corrected chi connectivity index (χ4v) is 6.70. The van der Waals surface area contributed by atoms with Gasteiger partial charge in [0.05, 0.1) is 49.4 Å². The molecule has 1 aromatic carbocycles. The summed E-state index contributed by atoms with van der Waals surface area (Å²) in [6.07, 6.45) is 17.8. The Kier molecular flexibility index (Phi) is 9.46. The smallest absolute Gasteiger partial charge is 0.416 e. The molecule has 3 aliphatic rings. The summed E-state index contributed by atoms with van der Waals surface area (Å²) in [6, 6.07) is 5.32. The lowest BCUT2D eigenvalue weighted by molar-refractivity contribution is 0.0226. The molecule has 1 aromatic heterocycles. The molecule has 10 heteroatoms. The minimum Gasteiger partial charge on any atom is -0.452 e. The van der Waals surface area contributed by atoms with Crippen molar-refractivity contribution < 1.29 is 24.2 Å². The summed E-state index contributed by atoms with van der Waals surface area (Å²) in [4.78, 5) is 29.9. The molecule has 0 bridgehead atoms. The van der Waals surface area contributed by atoms with E-state index in [1.807, 2.05) is 31.3 Å². The van der Waals surface area contributed by atoms with Gasteiger partial charge in [-0.3, -0.25) is 19.8 Å². The molecule has 3 atom stereocenters. The van der Waals surface area contributed by atoms with Gasteiger partial charge in [-0.2, -0.15) is 5.10 Å². The number of fused-ring (bicyclic) bond motifs is 1. The van der Waals surface area contributed by atoms with Gasteiger partial charge >= 0.3 is 12.2 Å². The molecule has 1 spiro atoms. The molecule has 1 saturated heterocycles. The van der Waals surface area contributed by atoms with Crippen LogP contribution in [-0.4, -0.2) is 64.1 Å². The van der Waals surface area contributed by atoms with Crippen LogP contribution in [0.5, 0.6) is 0 Å². The Bertz CT molecular complexity index is 1320. The van der Waals surface area contributed by atoms with Crippen molar-refractivity contribution in [3.8, 4) is 11.1 Å². The number of rotatable bonds is 4. The molecular weight excluding hydrogens is 546 g/mol. The summed E-state index contributed by atoms with van der Waals surface area (Å²) in [5.74, 6) is 0. The van der Waals surface area contributed by atoms with Gasteiger partial charge in [-0.25, -0.2) is 9.59 Å². The van der Waals surface area contributed by atoms with Gasteiger partial charge in [0.15, 0.2) is 6.23 Å². The highest BCUT2D eigenvalue weighted by molar-refractivity contribution is 6.01. The summed E-state index contributed by atoms with van der Waals surface area (Å²) in [7, 11) is 1.36. The number of aliphatic hydroxyl groups is 1. The normalized spacial score (nSPS) is 25.6. The largest absolute Gasteiger partial charge is 0.452 e. The second-order valence-corrected chi connectivity index (χ2v) is 13.1. The standard InChI is InChI=1S/C33H47N5O5/c1-24-21-37(30(39)43-29-13-12-18-33(35-29)16-10-8-6-5-7-9-11-17-33)28-19-25(14-15-27(28)38(24)31(40)42-4)26-20-34-36(22-26)23-32(2,3)41/h8,10,14-15,19-20,22,24,29,35,41H,5-7,9,11-13,16-18,21,23H2,1-4H3/b10-8-/t24-,29?,33?/m0/s1. The first kappa shape index (κ1) is 31.1. The van der Waals surface area contributed by atoms with Crippen molar-refractivity contribution in [1.82, 2.24) is 15.1 Å². The summed E-state index contributed by atoms with van der Waals surface area (Å²) in [6.45, 7) is 5.98. The Hall–Kier alpha value is -3.37. The molecule has 3 heterocycles. The number of benzene rings is 1. The average molecular weight is 594 g/mol. The third kappa shape index (κ3) is 7.41. The molecule has 2 aromatic rings. The van der Waals surface area contributed by atoms with Crippen molar-refractivity contribution >= 4 is 23.6 Å². The maximum Gasteiger partial charge on any atom is 0.416 e. The number of anilines is 2. The Labute approximate surface area is 255 Å². The van der Waals surface area contributed by atoms with Gasteiger partial charge in [-0.1, -0.05) is 37.5 Å². The Morgan fingerprint density at radius 2 is 1.86 bits per heavy atom. The van der Waals surface area contributed by atoms with Gasteiger partial charge in [0, 0.05) is 17.3 Å². The number of allylic oxidation sites excluding steroid dienone is 1. The minimum absolute atomic E-state index is 0.0533. The van der Waals surface area contributed by atoms with Crippen LogP contribution in [0.25, 0.3) is 11.1 Å². The maximum absolute atomic E-state index is 13.9. The first-order valence-corrected chi connectivity index (χ1v) is 15.7. The van der Waals surface area contributed by atoms with Gasteiger partial charge in [-0.05, 0) is 83.4 Å². The van der Waals surface area contributed by atoms with Crippen molar-refractivity contribution in [1.29, 1.82) is 0 Å². The van der Waals surface area contributed by atoms with Crippen LogP contribution in [0.15, 0.2) is 42.7 Å². The van der Waals surface area contributed by atoms with Crippen molar-refractivity contribution in [2.45, 2.75) is 115 Å². The highest BCUT2D eigenvalue weighted by Crippen LogP contribution is 2.40. The highest BCUT2D eigenvalue weighted by atomic mass is 16.6. The van der Waals surface area contributed by atoms with Gasteiger partial charge in [-0.15, -0.1) is 0 Å². The minimum atomic E-state index is -0.909. The van der Waals surface area contributed by atoms with E-state index in [-0.39, 0.29) is 24.4 Å². The second kappa shape index (κ2) is 13.1. The predicted octanol–water partition coefficient (Wildman–Crippen LogP) is 6.38. The quantitative estimate of drug-likeness (QED) is 0.396. The van der Waals surface area contributed by atoms with E-state index in [1.165, 1.54) is 32.8 Å². The molecule has 234 valence electrons. The van der Waals surface area contributed by atoms with Crippen LogP contribution in [0.1, 0.15) is 85.0 Å². The van der Waals surface area contributed by atoms with Gasteiger partial charge < -0.3 is 14.6 Å². The molecule has 1 aliphatic carbocycles. The summed E-state index contributed by atoms with van der Waals surface area (Å²) >= 11 is 0. The molecule has 5 rings (SSSR count). The first-order chi connectivity index (χ1) is 20.6. The van der Waals surface area contributed by atoms with Crippen molar-refractivity contribution in [2.75, 3.05) is 23.5 Å². The summed E-state index contributed by atoms with van der Waals surface area (Å²) in [5, 5.41) is 18.4. The van der Waals surface area contributed by atoms with Gasteiger partial charge in [0.2, 0.25) is 0 Å². The molecule has 0 radical (unpaired) electrons. The van der Waals surface area contributed by atoms with Crippen LogP contribution in [0.2, 0.25) is 0 Å². The van der Waals surface area contributed by atoms with Crippen LogP contribution in [0, 0.1) is 0 Å². The van der Waals surface area contributed by atoms with Crippen molar-refractivity contribution in [3.63, 3.8) is 0 Å². The number of nitrogens with one attached hydrogen (secondary N) is 1. The summed E-state index contributed by atoms with van der Waals surface area (Å²) < 4.78 is 13.0. The Balaban J connectivity index is 1.40. The predicted molar refractivity (Wildman–Crippen MR) is 167 cm³/mol. The second-order valence-electron chi connectivity index (χ2n) is 13.1. The number of hydrogen-bond acceptors (Lipinski definition) is 7. The number of nitrogens with zero attached hydrogens (tertiary/aromatic N) is 4. The zero-order valence-corrected chi connectivity index (χ0v) is 26.1. The fourth-order valence-electron chi connectivity index (χ4n) is 6.70. The molecule has 2 aliphatic heterocycles. The SMILES string of the molecule is COC(=O)N1c2ccc(-c3cnn(CC(C)(C)O)c3)cc2N(C(=O)OC2CCCC3(C/C=C\CCCCCC3)N2)C[C@@H]1C. The Morgan fingerprint density at radius 3 is 2.65 bits per heavy atom. The molecule has 2 amide bonds. The first-order valence-electron chi connectivity index (χ1n) is 15.7. The number of methoxy groups -OCH3 is 1. The zero-order chi connectivity index (χ0) is 30.6. The van der Waals surface area contributed by atoms with Crippen molar-refractivity contribution in [3.05, 3.63) is 42.7 Å². The number of piperidine rings is 1. The molecule has 43 heavy (non-hydrogen) atoms. The van der Waals surface area contributed by atoms with E-state index in [4.69, 9.17) is 9.47 Å². The number of amides is 2. The molecule has 0 saturated carbocycles. The van der Waals surface area contributed by atoms with E-state index in [1.54, 1.807) is 34.5 Å². The lowest BCUT2D eigenvalue weighted by atomic mass is 9.80. The van der Waals surface area contributed by atoms with Crippen LogP contribution in [0.3, 0.4) is 0 Å². The average Bonchev–Trinajstić information content (AvgIpc) is 3.42. The maximum atomic E-state index is 13.9. The van der Waals surface area contributed by atoms with Gasteiger partial charge in [0.25, 0.3) is 0 Å². The van der Waals surface area contributed by atoms with Crippen LogP contribution in [-0.2, 0) is 16.0 Å². The number of hydrogen-bond donors (Lipinski definition) is 2. The van der Waals surface area contributed by atoms with Crippen molar-refractivity contribution in [2.24, 2.45) is 0 Å². The van der Waals surface area contributed by atoms with Crippen LogP contribution < -0.4 is 15.1 Å². The van der Waals surface area contributed by atoms with E-state index >= 15 is 0 Å². The van der Waals surface area contributed by atoms with Gasteiger partial charge in [0.1, 0.15) is 0 Å². The van der Waals surface area contributed by atoms with Crippen LogP contribution in [0.4, 0.5) is 21.0 Å². The number of aromatic nitrogens is 2. The topological polar surface area (TPSA) is 109 Å². The lowest BCUT2D eigenvalue weighted by Gasteiger charge is -2.43. The molecular formula is C33H47N5O5. The number of ether oxygens (including phenoxy) is 2. The molecule has 2 N–H and O–H groups in total. The zero-order valence-electron chi connectivity index (χ0n) is 26.1. The fraction of sp³-hybridized carbons (Fsp3) is 0.606. The highest BCUT2D eigenvalue weighted by Gasteiger charge is 2.40. The monoisotopic (exact) mass is 593 g/mol. The molecule has 1 fully saturated rings. The lowest BCUT2D eigenvalue weighted by Crippen LogP contribution is -2.57. The molecule has 10 nitrogen and oxygen atoms in total. The van der Waals surface area contributed by atoms with E-state index in [2.05, 4.69) is 22.6 Å². The summed E-state index contributed by atoms with van der Waals surface area (Å²) in [5.41, 5.74) is 1.87. The third-order valence-electron chi connectivity index (χ3n) is 8.80. The van der Waals surface area contributed by atoms with E-state index in [0.29, 0.717) is 17.9 Å². The van der Waals surface area contributed by atoms with Crippen LogP contribution >= 0.6 is 0 Å². The van der Waals surface area contributed by atoms with E-state index in [9.17, 15) is 14.7 Å². The number of carbonyl (C=O) groups excluding carboxylic acids is 2.